The first-order chi connectivity index (χ1) is 10.0. The summed E-state index contributed by atoms with van der Waals surface area (Å²) >= 11 is 5.73. The van der Waals surface area contributed by atoms with Gasteiger partial charge in [-0.1, -0.05) is 13.0 Å². The first-order valence-electron chi connectivity index (χ1n) is 6.08. The van der Waals surface area contributed by atoms with Crippen molar-refractivity contribution in [2.24, 2.45) is 0 Å². The molecule has 1 N–H and O–H groups in total. The summed E-state index contributed by atoms with van der Waals surface area (Å²) in [6.45, 7) is 1.91. The third-order valence-corrected chi connectivity index (χ3v) is 2.81. The van der Waals surface area contributed by atoms with E-state index in [-0.39, 0.29) is 28.7 Å². The van der Waals surface area contributed by atoms with Crippen molar-refractivity contribution in [3.8, 4) is 11.8 Å². The van der Waals surface area contributed by atoms with Crippen LogP contribution < -0.4 is 10.1 Å². The van der Waals surface area contributed by atoms with Crippen molar-refractivity contribution < 1.29 is 9.66 Å². The van der Waals surface area contributed by atoms with Crippen molar-refractivity contribution >= 4 is 23.2 Å². The number of hydrogen-bond acceptors (Lipinski definition) is 7. The Hall–Kier alpha value is -2.48. The highest BCUT2D eigenvalue weighted by atomic mass is 35.5. The number of hydrogen-bond donors (Lipinski definition) is 1. The smallest absolute Gasteiger partial charge is 0.328 e. The molecule has 21 heavy (non-hydrogen) atoms. The lowest BCUT2D eigenvalue weighted by Gasteiger charge is -2.07. The van der Waals surface area contributed by atoms with Crippen LogP contribution in [0.2, 0.25) is 5.28 Å². The average Bonchev–Trinajstić information content (AvgIpc) is 2.46. The summed E-state index contributed by atoms with van der Waals surface area (Å²) in [5.74, 6) is 0.249. The number of aromatic nitrogens is 3. The highest BCUT2D eigenvalue weighted by Crippen LogP contribution is 2.31. The van der Waals surface area contributed by atoms with Crippen LogP contribution >= 0.6 is 11.6 Å². The quantitative estimate of drug-likeness (QED) is 0.669. The van der Waals surface area contributed by atoms with Gasteiger partial charge in [-0.05, 0) is 29.7 Å². The molecule has 0 saturated carbocycles. The minimum absolute atomic E-state index is 0.0431. The highest BCUT2D eigenvalue weighted by molar-refractivity contribution is 6.28. The van der Waals surface area contributed by atoms with E-state index < -0.39 is 4.92 Å². The molecule has 1 aromatic carbocycles. The van der Waals surface area contributed by atoms with Crippen LogP contribution in [0.5, 0.6) is 11.8 Å². The number of halogens is 1. The number of anilines is 1. The van der Waals surface area contributed by atoms with Crippen molar-refractivity contribution in [2.75, 3.05) is 12.4 Å². The van der Waals surface area contributed by atoms with Crippen molar-refractivity contribution in [2.45, 2.75) is 13.3 Å². The second kappa shape index (κ2) is 6.31. The van der Waals surface area contributed by atoms with Gasteiger partial charge in [0, 0.05) is 13.1 Å². The van der Waals surface area contributed by atoms with Crippen LogP contribution in [-0.4, -0.2) is 26.9 Å². The maximum atomic E-state index is 11.1. The molecule has 9 heteroatoms. The van der Waals surface area contributed by atoms with Gasteiger partial charge >= 0.3 is 11.7 Å². The lowest BCUT2D eigenvalue weighted by molar-refractivity contribution is -0.385. The first-order valence-corrected chi connectivity index (χ1v) is 6.45. The van der Waals surface area contributed by atoms with Crippen LogP contribution in [0.15, 0.2) is 18.2 Å². The minimum Gasteiger partial charge on any atom is -0.417 e. The molecular weight excluding hydrogens is 298 g/mol. The van der Waals surface area contributed by atoms with E-state index in [1.54, 1.807) is 13.1 Å². The maximum absolute atomic E-state index is 11.1. The standard InChI is InChI=1S/C12H12ClN5O3/c1-3-7-4-5-9(8(6-7)18(19)20)21-12-16-10(13)15-11(14-2)17-12/h4-6H,3H2,1-2H3,(H,14,15,16,17). The zero-order chi connectivity index (χ0) is 15.4. The monoisotopic (exact) mass is 309 g/mol. The topological polar surface area (TPSA) is 103 Å². The van der Waals surface area contributed by atoms with Gasteiger partial charge in [-0.2, -0.15) is 15.0 Å². The van der Waals surface area contributed by atoms with Gasteiger partial charge < -0.3 is 10.1 Å². The van der Waals surface area contributed by atoms with Crippen LogP contribution in [0.1, 0.15) is 12.5 Å². The Morgan fingerprint density at radius 2 is 2.14 bits per heavy atom. The van der Waals surface area contributed by atoms with Crippen molar-refractivity contribution in [3.63, 3.8) is 0 Å². The Bertz CT molecular complexity index is 680. The number of ether oxygens (including phenoxy) is 1. The fraction of sp³-hybridized carbons (Fsp3) is 0.250. The predicted octanol–water partition coefficient (Wildman–Crippen LogP) is 2.83. The SMILES string of the molecule is CCc1ccc(Oc2nc(Cl)nc(NC)n2)c([N+](=O)[O-])c1. The molecule has 0 saturated heterocycles. The Labute approximate surface area is 125 Å². The molecule has 0 aliphatic heterocycles. The van der Waals surface area contributed by atoms with E-state index >= 15 is 0 Å². The molecule has 0 spiro atoms. The number of nitro groups is 1. The molecule has 2 aromatic rings. The molecule has 0 amide bonds. The van der Waals surface area contributed by atoms with E-state index in [1.807, 2.05) is 6.92 Å². The largest absolute Gasteiger partial charge is 0.417 e. The Morgan fingerprint density at radius 3 is 2.76 bits per heavy atom. The van der Waals surface area contributed by atoms with Gasteiger partial charge in [0.05, 0.1) is 4.92 Å². The van der Waals surface area contributed by atoms with Crippen molar-refractivity contribution in [1.29, 1.82) is 0 Å². The fourth-order valence-corrected chi connectivity index (χ4v) is 1.75. The summed E-state index contributed by atoms with van der Waals surface area (Å²) < 4.78 is 5.37. The van der Waals surface area contributed by atoms with Crippen molar-refractivity contribution in [3.05, 3.63) is 39.2 Å². The van der Waals surface area contributed by atoms with Gasteiger partial charge in [-0.3, -0.25) is 10.1 Å². The van der Waals surface area contributed by atoms with Gasteiger partial charge in [-0.25, -0.2) is 0 Å². The second-order valence-electron chi connectivity index (χ2n) is 3.98. The summed E-state index contributed by atoms with van der Waals surface area (Å²) in [5.41, 5.74) is 0.676. The Kier molecular flexibility index (Phi) is 4.49. The fourth-order valence-electron chi connectivity index (χ4n) is 1.60. The molecule has 1 heterocycles. The lowest BCUT2D eigenvalue weighted by atomic mass is 10.1. The van der Waals surface area contributed by atoms with E-state index in [0.717, 1.165) is 5.56 Å². The second-order valence-corrected chi connectivity index (χ2v) is 4.31. The summed E-state index contributed by atoms with van der Waals surface area (Å²) in [6, 6.07) is 4.58. The molecule has 0 fully saturated rings. The zero-order valence-corrected chi connectivity index (χ0v) is 12.1. The van der Waals surface area contributed by atoms with E-state index in [0.29, 0.717) is 6.42 Å². The third-order valence-electron chi connectivity index (χ3n) is 2.64. The summed E-state index contributed by atoms with van der Waals surface area (Å²) in [7, 11) is 1.61. The van der Waals surface area contributed by atoms with Gasteiger partial charge in [0.2, 0.25) is 17.0 Å². The van der Waals surface area contributed by atoms with Gasteiger partial charge in [0.1, 0.15) is 0 Å². The first kappa shape index (κ1) is 14.9. The molecule has 0 atom stereocenters. The van der Waals surface area contributed by atoms with Crippen LogP contribution in [0.4, 0.5) is 11.6 Å². The number of aryl methyl sites for hydroxylation is 1. The number of nitro benzene ring substituents is 1. The lowest BCUT2D eigenvalue weighted by Crippen LogP contribution is -2.02. The Balaban J connectivity index is 2.39. The third kappa shape index (κ3) is 3.54. The van der Waals surface area contributed by atoms with E-state index in [4.69, 9.17) is 16.3 Å². The molecule has 110 valence electrons. The zero-order valence-electron chi connectivity index (χ0n) is 11.3. The number of nitrogens with zero attached hydrogens (tertiary/aromatic N) is 4. The molecule has 8 nitrogen and oxygen atoms in total. The number of rotatable bonds is 5. The van der Waals surface area contributed by atoms with E-state index in [9.17, 15) is 10.1 Å². The summed E-state index contributed by atoms with van der Waals surface area (Å²) in [4.78, 5) is 22.1. The van der Waals surface area contributed by atoms with Crippen LogP contribution in [0, 0.1) is 10.1 Å². The average molecular weight is 310 g/mol. The van der Waals surface area contributed by atoms with E-state index in [2.05, 4.69) is 20.3 Å². The minimum atomic E-state index is -0.518. The highest BCUT2D eigenvalue weighted by Gasteiger charge is 2.18. The molecule has 0 unspecified atom stereocenters. The normalized spacial score (nSPS) is 10.2. The van der Waals surface area contributed by atoms with Crippen LogP contribution in [0.25, 0.3) is 0 Å². The molecule has 0 aliphatic carbocycles. The van der Waals surface area contributed by atoms with Gasteiger partial charge in [-0.15, -0.1) is 0 Å². The molecule has 0 aliphatic rings. The summed E-state index contributed by atoms with van der Waals surface area (Å²) in [6.07, 6.45) is 0.683. The van der Waals surface area contributed by atoms with Crippen molar-refractivity contribution in [1.82, 2.24) is 15.0 Å². The molecular formula is C12H12ClN5O3. The van der Waals surface area contributed by atoms with Crippen LogP contribution in [0.3, 0.4) is 0 Å². The molecule has 0 radical (unpaired) electrons. The molecule has 0 bridgehead atoms. The maximum Gasteiger partial charge on any atom is 0.328 e. The van der Waals surface area contributed by atoms with E-state index in [1.165, 1.54) is 12.1 Å². The Morgan fingerprint density at radius 1 is 1.38 bits per heavy atom. The number of nitrogens with one attached hydrogen (secondary N) is 1. The van der Waals surface area contributed by atoms with Gasteiger partial charge in [0.25, 0.3) is 0 Å². The molecule has 1 aromatic heterocycles. The van der Waals surface area contributed by atoms with Crippen LogP contribution in [-0.2, 0) is 6.42 Å². The predicted molar refractivity (Wildman–Crippen MR) is 76.9 cm³/mol. The summed E-state index contributed by atoms with van der Waals surface area (Å²) in [5, 5.41) is 13.7. The molecule has 2 rings (SSSR count). The number of benzene rings is 1. The van der Waals surface area contributed by atoms with Gasteiger partial charge in [0.15, 0.2) is 0 Å².